The van der Waals surface area contributed by atoms with E-state index in [-0.39, 0.29) is 18.3 Å². The molecule has 0 unspecified atom stereocenters. The van der Waals surface area contributed by atoms with E-state index in [1.54, 1.807) is 13.0 Å². The number of hydrogen-bond donors (Lipinski definition) is 1. The van der Waals surface area contributed by atoms with Crippen LogP contribution in [0.2, 0.25) is 0 Å². The van der Waals surface area contributed by atoms with E-state index in [1.165, 1.54) is 0 Å². The Morgan fingerprint density at radius 1 is 1.04 bits per heavy atom. The Bertz CT molecular complexity index is 811. The van der Waals surface area contributed by atoms with E-state index >= 15 is 0 Å². The first-order chi connectivity index (χ1) is 12.6. The standard InChI is InChI=1S/C20H22N2O4/c1-14(23)15-2-4-17(5-3-15)22-8-6-21(7-9-22)12-16-10-19-20(11-18(16)24)26-13-25-19/h2-5,10-11,24H,6-9,12-13H2,1H3. The molecule has 0 bridgehead atoms. The van der Waals surface area contributed by atoms with Crippen molar-refractivity contribution in [2.24, 2.45) is 0 Å². The van der Waals surface area contributed by atoms with Crippen LogP contribution in [0.5, 0.6) is 17.2 Å². The van der Waals surface area contributed by atoms with Gasteiger partial charge in [-0.1, -0.05) is 0 Å². The maximum atomic E-state index is 11.4. The van der Waals surface area contributed by atoms with Crippen molar-refractivity contribution in [1.82, 2.24) is 4.90 Å². The van der Waals surface area contributed by atoms with Crippen LogP contribution in [0.15, 0.2) is 36.4 Å². The minimum absolute atomic E-state index is 0.0879. The molecule has 0 atom stereocenters. The summed E-state index contributed by atoms with van der Waals surface area (Å²) in [4.78, 5) is 16.0. The lowest BCUT2D eigenvalue weighted by atomic mass is 10.1. The fraction of sp³-hybridized carbons (Fsp3) is 0.350. The molecule has 2 aliphatic rings. The van der Waals surface area contributed by atoms with Crippen LogP contribution in [0.3, 0.4) is 0 Å². The van der Waals surface area contributed by atoms with Gasteiger partial charge < -0.3 is 19.5 Å². The van der Waals surface area contributed by atoms with E-state index in [0.717, 1.165) is 43.0 Å². The van der Waals surface area contributed by atoms with E-state index in [9.17, 15) is 9.90 Å². The lowest BCUT2D eigenvalue weighted by Crippen LogP contribution is -2.45. The molecule has 2 aromatic rings. The Labute approximate surface area is 152 Å². The molecule has 2 aromatic carbocycles. The third-order valence-corrected chi connectivity index (χ3v) is 4.98. The van der Waals surface area contributed by atoms with Crippen molar-refractivity contribution in [2.75, 3.05) is 37.9 Å². The van der Waals surface area contributed by atoms with Crippen molar-refractivity contribution in [1.29, 1.82) is 0 Å². The summed E-state index contributed by atoms with van der Waals surface area (Å²) in [5.41, 5.74) is 2.74. The van der Waals surface area contributed by atoms with Crippen LogP contribution in [-0.4, -0.2) is 48.8 Å². The number of aromatic hydroxyl groups is 1. The lowest BCUT2D eigenvalue weighted by molar-refractivity contribution is 0.101. The van der Waals surface area contributed by atoms with Gasteiger partial charge in [0.2, 0.25) is 6.79 Å². The molecule has 26 heavy (non-hydrogen) atoms. The summed E-state index contributed by atoms with van der Waals surface area (Å²) >= 11 is 0. The molecule has 1 saturated heterocycles. The largest absolute Gasteiger partial charge is 0.507 e. The van der Waals surface area contributed by atoms with Gasteiger partial charge in [0.15, 0.2) is 17.3 Å². The number of ketones is 1. The zero-order valence-electron chi connectivity index (χ0n) is 14.8. The van der Waals surface area contributed by atoms with E-state index in [4.69, 9.17) is 9.47 Å². The van der Waals surface area contributed by atoms with Crippen LogP contribution in [0.4, 0.5) is 5.69 Å². The van der Waals surface area contributed by atoms with Crippen LogP contribution in [0.25, 0.3) is 0 Å². The first kappa shape index (κ1) is 16.7. The van der Waals surface area contributed by atoms with Crippen LogP contribution in [-0.2, 0) is 6.54 Å². The number of ether oxygens (including phenoxy) is 2. The smallest absolute Gasteiger partial charge is 0.231 e. The topological polar surface area (TPSA) is 62.2 Å². The number of carbonyl (C=O) groups excluding carboxylic acids is 1. The zero-order chi connectivity index (χ0) is 18.1. The summed E-state index contributed by atoms with van der Waals surface area (Å²) in [6.07, 6.45) is 0. The van der Waals surface area contributed by atoms with Gasteiger partial charge in [0, 0.05) is 55.6 Å². The molecule has 4 rings (SSSR count). The number of hydrogen-bond acceptors (Lipinski definition) is 6. The highest BCUT2D eigenvalue weighted by Crippen LogP contribution is 2.38. The molecule has 6 heteroatoms. The fourth-order valence-corrected chi connectivity index (χ4v) is 3.41. The number of Topliss-reactive ketones (excluding diaryl/α,β-unsaturated/α-hetero) is 1. The summed E-state index contributed by atoms with van der Waals surface area (Å²) in [6, 6.07) is 11.3. The third-order valence-electron chi connectivity index (χ3n) is 4.98. The van der Waals surface area contributed by atoms with Gasteiger partial charge in [-0.3, -0.25) is 9.69 Å². The van der Waals surface area contributed by atoms with Gasteiger partial charge >= 0.3 is 0 Å². The Hall–Kier alpha value is -2.73. The molecule has 0 aromatic heterocycles. The van der Waals surface area contributed by atoms with Crippen molar-refractivity contribution in [3.8, 4) is 17.2 Å². The molecule has 1 N–H and O–H groups in total. The second kappa shape index (κ2) is 6.88. The average Bonchev–Trinajstić information content (AvgIpc) is 3.10. The number of nitrogens with zero attached hydrogens (tertiary/aromatic N) is 2. The Balaban J connectivity index is 1.37. The number of benzene rings is 2. The third kappa shape index (κ3) is 3.32. The Morgan fingerprint density at radius 2 is 1.69 bits per heavy atom. The van der Waals surface area contributed by atoms with Crippen LogP contribution in [0, 0.1) is 0 Å². The zero-order valence-corrected chi connectivity index (χ0v) is 14.8. The predicted octanol–water partition coefficient (Wildman–Crippen LogP) is 2.65. The van der Waals surface area contributed by atoms with Crippen molar-refractivity contribution in [3.05, 3.63) is 47.5 Å². The number of fused-ring (bicyclic) bond motifs is 1. The van der Waals surface area contributed by atoms with E-state index < -0.39 is 0 Å². The normalized spacial score (nSPS) is 16.7. The van der Waals surface area contributed by atoms with Crippen molar-refractivity contribution in [2.45, 2.75) is 13.5 Å². The maximum absolute atomic E-state index is 11.4. The van der Waals surface area contributed by atoms with Crippen LogP contribution < -0.4 is 14.4 Å². The molecule has 0 radical (unpaired) electrons. The van der Waals surface area contributed by atoms with Crippen molar-refractivity contribution in [3.63, 3.8) is 0 Å². The number of phenolic OH excluding ortho intramolecular Hbond substituents is 1. The molecule has 0 aliphatic carbocycles. The predicted molar refractivity (Wildman–Crippen MR) is 98.2 cm³/mol. The second-order valence-corrected chi connectivity index (χ2v) is 6.70. The highest BCUT2D eigenvalue weighted by Gasteiger charge is 2.21. The molecular weight excluding hydrogens is 332 g/mol. The second-order valence-electron chi connectivity index (χ2n) is 6.70. The molecule has 2 aliphatic heterocycles. The minimum Gasteiger partial charge on any atom is -0.507 e. The van der Waals surface area contributed by atoms with Crippen molar-refractivity contribution < 1.29 is 19.4 Å². The first-order valence-electron chi connectivity index (χ1n) is 8.80. The van der Waals surface area contributed by atoms with Crippen LogP contribution >= 0.6 is 0 Å². The van der Waals surface area contributed by atoms with Gasteiger partial charge in [0.05, 0.1) is 0 Å². The molecule has 2 heterocycles. The highest BCUT2D eigenvalue weighted by atomic mass is 16.7. The van der Waals surface area contributed by atoms with Gasteiger partial charge in [-0.15, -0.1) is 0 Å². The summed E-state index contributed by atoms with van der Waals surface area (Å²) in [5.74, 6) is 1.63. The molecule has 0 spiro atoms. The Morgan fingerprint density at radius 3 is 2.35 bits per heavy atom. The number of rotatable bonds is 4. The minimum atomic E-state index is 0.0879. The SMILES string of the molecule is CC(=O)c1ccc(N2CCN(Cc3cc4c(cc3O)OCO4)CC2)cc1. The summed E-state index contributed by atoms with van der Waals surface area (Å²) in [7, 11) is 0. The highest BCUT2D eigenvalue weighted by molar-refractivity contribution is 5.94. The van der Waals surface area contributed by atoms with Crippen LogP contribution in [0.1, 0.15) is 22.8 Å². The number of carbonyl (C=O) groups is 1. The van der Waals surface area contributed by atoms with Gasteiger partial charge in [-0.25, -0.2) is 0 Å². The van der Waals surface area contributed by atoms with E-state index in [2.05, 4.69) is 9.80 Å². The van der Waals surface area contributed by atoms with Gasteiger partial charge in [-0.2, -0.15) is 0 Å². The molecule has 0 saturated carbocycles. The first-order valence-corrected chi connectivity index (χ1v) is 8.80. The molecular formula is C20H22N2O4. The lowest BCUT2D eigenvalue weighted by Gasteiger charge is -2.36. The summed E-state index contributed by atoms with van der Waals surface area (Å²) in [6.45, 7) is 6.10. The number of piperazine rings is 1. The quantitative estimate of drug-likeness (QED) is 0.852. The maximum Gasteiger partial charge on any atom is 0.231 e. The monoisotopic (exact) mass is 354 g/mol. The number of phenols is 1. The fourth-order valence-electron chi connectivity index (χ4n) is 3.41. The summed E-state index contributed by atoms with van der Waals surface area (Å²) in [5, 5.41) is 10.2. The molecule has 136 valence electrons. The average molecular weight is 354 g/mol. The Kier molecular flexibility index (Phi) is 4.42. The van der Waals surface area contributed by atoms with Crippen molar-refractivity contribution >= 4 is 11.5 Å². The molecule has 6 nitrogen and oxygen atoms in total. The van der Waals surface area contributed by atoms with Gasteiger partial charge in [-0.05, 0) is 37.3 Å². The number of anilines is 1. The molecule has 0 amide bonds. The molecule has 1 fully saturated rings. The van der Waals surface area contributed by atoms with Gasteiger partial charge in [0.25, 0.3) is 0 Å². The van der Waals surface area contributed by atoms with E-state index in [1.807, 2.05) is 30.3 Å². The van der Waals surface area contributed by atoms with E-state index in [0.29, 0.717) is 18.0 Å². The van der Waals surface area contributed by atoms with Gasteiger partial charge in [0.1, 0.15) is 5.75 Å². The summed E-state index contributed by atoms with van der Waals surface area (Å²) < 4.78 is 10.7.